The molecule has 128 valence electrons. The molecule has 0 radical (unpaired) electrons. The van der Waals surface area contributed by atoms with Crippen LogP contribution in [0.25, 0.3) is 0 Å². The zero-order valence-corrected chi connectivity index (χ0v) is 15.7. The van der Waals surface area contributed by atoms with Gasteiger partial charge in [0.25, 0.3) is 0 Å². The van der Waals surface area contributed by atoms with Gasteiger partial charge in [0.1, 0.15) is 6.54 Å². The summed E-state index contributed by atoms with van der Waals surface area (Å²) in [4.78, 5) is 14.3. The lowest BCUT2D eigenvalue weighted by atomic mass is 10.2. The first-order chi connectivity index (χ1) is 12.0. The average molecular weight is 391 g/mol. The van der Waals surface area contributed by atoms with Crippen molar-refractivity contribution in [2.45, 2.75) is 6.92 Å². The highest BCUT2D eigenvalue weighted by Crippen LogP contribution is 2.27. The molecule has 0 bridgehead atoms. The van der Waals surface area contributed by atoms with E-state index in [9.17, 15) is 4.79 Å². The van der Waals surface area contributed by atoms with Crippen LogP contribution in [0, 0.1) is 10.9 Å². The highest BCUT2D eigenvalue weighted by molar-refractivity contribution is 7.73. The Hall–Kier alpha value is -2.22. The van der Waals surface area contributed by atoms with Crippen LogP contribution in [-0.4, -0.2) is 22.6 Å². The maximum absolute atomic E-state index is 12.5. The third-order valence-electron chi connectivity index (χ3n) is 3.40. The molecule has 3 aromatic rings. The predicted molar refractivity (Wildman–Crippen MR) is 106 cm³/mol. The molecule has 0 aliphatic carbocycles. The summed E-state index contributed by atoms with van der Waals surface area (Å²) in [5.74, 6) is -0.162. The number of aryl methyl sites for hydroxylation is 1. The van der Waals surface area contributed by atoms with Crippen molar-refractivity contribution in [1.29, 1.82) is 0 Å². The molecule has 0 atom stereocenters. The number of nitrogens with one attached hydrogen (secondary N) is 2. The summed E-state index contributed by atoms with van der Waals surface area (Å²) in [6.45, 7) is 2.12. The Balaban J connectivity index is 1.83. The van der Waals surface area contributed by atoms with E-state index >= 15 is 0 Å². The number of aromatic amines is 1. The van der Waals surface area contributed by atoms with Crippen molar-refractivity contribution in [2.24, 2.45) is 0 Å². The first-order valence-corrected chi connectivity index (χ1v) is 9.07. The monoisotopic (exact) mass is 390 g/mol. The molecule has 25 heavy (non-hydrogen) atoms. The van der Waals surface area contributed by atoms with Crippen LogP contribution in [-0.2, 0) is 4.79 Å². The van der Waals surface area contributed by atoms with Crippen molar-refractivity contribution in [3.8, 4) is 0 Å². The smallest absolute Gasteiger partial charge is 0.244 e. The number of anilines is 3. The zero-order valence-electron chi connectivity index (χ0n) is 13.3. The first kappa shape index (κ1) is 17.6. The van der Waals surface area contributed by atoms with Crippen molar-refractivity contribution in [2.75, 3.05) is 16.8 Å². The van der Waals surface area contributed by atoms with Gasteiger partial charge in [0, 0.05) is 16.4 Å². The standard InChI is InChI=1S/C17H15ClN4OS2/c1-11-3-2-4-14(9-11)22(16-20-21-17(24)25-16)10-15(23)19-13-7-5-12(18)6-8-13/h2-9H,10H2,1H3,(H,19,23)(H,21,24). The average Bonchev–Trinajstić information content (AvgIpc) is 3.01. The maximum atomic E-state index is 12.5. The molecule has 1 aromatic heterocycles. The molecule has 0 saturated heterocycles. The van der Waals surface area contributed by atoms with Gasteiger partial charge in [0.05, 0.1) is 0 Å². The molecule has 0 fully saturated rings. The second-order valence-corrected chi connectivity index (χ2v) is 7.46. The zero-order chi connectivity index (χ0) is 17.8. The summed E-state index contributed by atoms with van der Waals surface area (Å²) in [5, 5.41) is 11.1. The van der Waals surface area contributed by atoms with Gasteiger partial charge in [-0.3, -0.25) is 9.89 Å². The largest absolute Gasteiger partial charge is 0.325 e. The number of H-pyrrole nitrogens is 1. The molecular weight excluding hydrogens is 376 g/mol. The maximum Gasteiger partial charge on any atom is 0.244 e. The number of aromatic nitrogens is 2. The second-order valence-electron chi connectivity index (χ2n) is 5.38. The Kier molecular flexibility index (Phi) is 5.47. The quantitative estimate of drug-likeness (QED) is 0.606. The van der Waals surface area contributed by atoms with Crippen LogP contribution in [0.15, 0.2) is 48.5 Å². The van der Waals surface area contributed by atoms with Crippen molar-refractivity contribution >= 4 is 57.6 Å². The Morgan fingerprint density at radius 1 is 1.32 bits per heavy atom. The number of rotatable bonds is 5. The summed E-state index contributed by atoms with van der Waals surface area (Å²) < 4.78 is 0.561. The van der Waals surface area contributed by atoms with E-state index in [-0.39, 0.29) is 12.5 Å². The van der Waals surface area contributed by atoms with Gasteiger partial charge < -0.3 is 10.2 Å². The number of hydrogen-bond acceptors (Lipinski definition) is 5. The molecule has 2 N–H and O–H groups in total. The fourth-order valence-corrected chi connectivity index (χ4v) is 3.30. The number of amides is 1. The SMILES string of the molecule is Cc1cccc(N(CC(=O)Nc2ccc(Cl)cc2)c2n[nH]c(=S)s2)c1. The summed E-state index contributed by atoms with van der Waals surface area (Å²) in [7, 11) is 0. The van der Waals surface area contributed by atoms with E-state index in [2.05, 4.69) is 15.5 Å². The van der Waals surface area contributed by atoms with Gasteiger partial charge in [-0.05, 0) is 61.1 Å². The van der Waals surface area contributed by atoms with Crippen LogP contribution in [0.3, 0.4) is 0 Å². The topological polar surface area (TPSA) is 61.0 Å². The van der Waals surface area contributed by atoms with Crippen LogP contribution >= 0.6 is 35.2 Å². The second kappa shape index (κ2) is 7.77. The third-order valence-corrected chi connectivity index (χ3v) is 4.76. The number of benzene rings is 2. The van der Waals surface area contributed by atoms with Crippen LogP contribution in [0.2, 0.25) is 5.02 Å². The van der Waals surface area contributed by atoms with Crippen molar-refractivity contribution in [1.82, 2.24) is 10.2 Å². The lowest BCUT2D eigenvalue weighted by Crippen LogP contribution is -2.29. The molecule has 1 heterocycles. The van der Waals surface area contributed by atoms with Gasteiger partial charge in [0.15, 0.2) is 3.95 Å². The van der Waals surface area contributed by atoms with Crippen molar-refractivity contribution < 1.29 is 4.79 Å². The first-order valence-electron chi connectivity index (χ1n) is 7.46. The third kappa shape index (κ3) is 4.66. The van der Waals surface area contributed by atoms with E-state index < -0.39 is 0 Å². The van der Waals surface area contributed by atoms with Crippen LogP contribution in [0.1, 0.15) is 5.56 Å². The van der Waals surface area contributed by atoms with E-state index in [1.54, 1.807) is 24.3 Å². The summed E-state index contributed by atoms with van der Waals surface area (Å²) in [6.07, 6.45) is 0. The van der Waals surface area contributed by atoms with Gasteiger partial charge in [-0.25, -0.2) is 0 Å². The number of hydrogen-bond donors (Lipinski definition) is 2. The van der Waals surface area contributed by atoms with E-state index in [4.69, 9.17) is 23.8 Å². The van der Waals surface area contributed by atoms with Crippen LogP contribution in [0.5, 0.6) is 0 Å². The van der Waals surface area contributed by atoms with Gasteiger partial charge >= 0.3 is 0 Å². The molecule has 5 nitrogen and oxygen atoms in total. The predicted octanol–water partition coefficient (Wildman–Crippen LogP) is 4.94. The highest BCUT2D eigenvalue weighted by atomic mass is 35.5. The van der Waals surface area contributed by atoms with Crippen LogP contribution in [0.4, 0.5) is 16.5 Å². The van der Waals surface area contributed by atoms with E-state index in [0.29, 0.717) is 19.8 Å². The number of carbonyl (C=O) groups excluding carboxylic acids is 1. The lowest BCUT2D eigenvalue weighted by Gasteiger charge is -2.21. The summed E-state index contributed by atoms with van der Waals surface area (Å²) in [6, 6.07) is 14.9. The van der Waals surface area contributed by atoms with E-state index in [1.165, 1.54) is 11.3 Å². The molecule has 8 heteroatoms. The molecule has 0 aliphatic rings. The molecule has 3 rings (SSSR count). The fraction of sp³-hybridized carbons (Fsp3) is 0.118. The summed E-state index contributed by atoms with van der Waals surface area (Å²) in [5.41, 5.74) is 2.66. The highest BCUT2D eigenvalue weighted by Gasteiger charge is 2.17. The summed E-state index contributed by atoms with van der Waals surface area (Å²) >= 11 is 12.3. The van der Waals surface area contributed by atoms with E-state index in [1.807, 2.05) is 36.1 Å². The minimum Gasteiger partial charge on any atom is -0.325 e. The molecule has 0 aliphatic heterocycles. The normalized spacial score (nSPS) is 10.5. The number of nitrogens with zero attached hydrogens (tertiary/aromatic N) is 2. The minimum absolute atomic E-state index is 0.113. The number of carbonyl (C=O) groups is 1. The van der Waals surface area contributed by atoms with Gasteiger partial charge in [-0.2, -0.15) is 0 Å². The van der Waals surface area contributed by atoms with Crippen molar-refractivity contribution in [3.63, 3.8) is 0 Å². The molecular formula is C17H15ClN4OS2. The number of halogens is 1. The van der Waals surface area contributed by atoms with Gasteiger partial charge in [0.2, 0.25) is 11.0 Å². The molecule has 0 unspecified atom stereocenters. The molecule has 0 saturated carbocycles. The molecule has 2 aromatic carbocycles. The van der Waals surface area contributed by atoms with Gasteiger partial charge in [-0.15, -0.1) is 5.10 Å². The fourth-order valence-electron chi connectivity index (χ4n) is 2.28. The Labute approximate surface area is 159 Å². The minimum atomic E-state index is -0.162. The molecule has 0 spiro atoms. The lowest BCUT2D eigenvalue weighted by molar-refractivity contribution is -0.114. The Bertz CT molecular complexity index is 936. The van der Waals surface area contributed by atoms with Crippen LogP contribution < -0.4 is 10.2 Å². The molecule has 1 amide bonds. The Morgan fingerprint density at radius 2 is 2.08 bits per heavy atom. The van der Waals surface area contributed by atoms with E-state index in [0.717, 1.165) is 11.3 Å². The van der Waals surface area contributed by atoms with Gasteiger partial charge in [-0.1, -0.05) is 35.1 Å². The Morgan fingerprint density at radius 3 is 2.72 bits per heavy atom. The van der Waals surface area contributed by atoms with Crippen molar-refractivity contribution in [3.05, 3.63) is 63.1 Å².